The third kappa shape index (κ3) is 3.10. The molecule has 0 atom stereocenters. The van der Waals surface area contributed by atoms with E-state index < -0.39 is 5.82 Å². The number of ether oxygens (including phenoxy) is 1. The fraction of sp³-hybridized carbons (Fsp3) is 0.0769. The van der Waals surface area contributed by atoms with Gasteiger partial charge in [0.2, 0.25) is 0 Å². The van der Waals surface area contributed by atoms with E-state index in [2.05, 4.69) is 31.9 Å². The van der Waals surface area contributed by atoms with E-state index >= 15 is 0 Å². The summed E-state index contributed by atoms with van der Waals surface area (Å²) in [7, 11) is 0. The van der Waals surface area contributed by atoms with Crippen molar-refractivity contribution in [1.29, 1.82) is 0 Å². The monoisotopic (exact) mass is 373 g/mol. The summed E-state index contributed by atoms with van der Waals surface area (Å²) in [6.07, 6.45) is 0. The van der Waals surface area contributed by atoms with Gasteiger partial charge in [-0.2, -0.15) is 0 Å². The van der Waals surface area contributed by atoms with Crippen LogP contribution in [0.2, 0.25) is 0 Å². The first kappa shape index (κ1) is 13.5. The first-order valence-electron chi connectivity index (χ1n) is 5.21. The molecule has 2 rings (SSSR count). The number of nitrogens with two attached hydrogens (primary N) is 1. The van der Waals surface area contributed by atoms with Crippen molar-refractivity contribution < 1.29 is 9.13 Å². The van der Waals surface area contributed by atoms with Crippen molar-refractivity contribution in [1.82, 2.24) is 0 Å². The second-order valence-corrected chi connectivity index (χ2v) is 5.46. The van der Waals surface area contributed by atoms with Crippen molar-refractivity contribution in [3.05, 3.63) is 56.7 Å². The first-order valence-corrected chi connectivity index (χ1v) is 6.80. The van der Waals surface area contributed by atoms with Gasteiger partial charge in [0, 0.05) is 21.1 Å². The largest absolute Gasteiger partial charge is 0.454 e. The second-order valence-electron chi connectivity index (χ2n) is 3.63. The molecule has 2 nitrogen and oxygen atoms in total. The van der Waals surface area contributed by atoms with Crippen molar-refractivity contribution in [3.8, 4) is 11.5 Å². The van der Waals surface area contributed by atoms with Gasteiger partial charge < -0.3 is 10.5 Å². The summed E-state index contributed by atoms with van der Waals surface area (Å²) in [5.74, 6) is 0.298. The third-order valence-corrected chi connectivity index (χ3v) is 3.35. The normalized spacial score (nSPS) is 10.4. The molecule has 94 valence electrons. The number of benzene rings is 2. The topological polar surface area (TPSA) is 35.2 Å². The molecule has 2 N–H and O–H groups in total. The maximum Gasteiger partial charge on any atom is 0.166 e. The van der Waals surface area contributed by atoms with Crippen LogP contribution in [0.1, 0.15) is 5.56 Å². The van der Waals surface area contributed by atoms with Gasteiger partial charge in [-0.05, 0) is 30.3 Å². The van der Waals surface area contributed by atoms with Gasteiger partial charge in [0.25, 0.3) is 0 Å². The summed E-state index contributed by atoms with van der Waals surface area (Å²) in [5.41, 5.74) is 6.44. The summed E-state index contributed by atoms with van der Waals surface area (Å²) >= 11 is 6.55. The average Bonchev–Trinajstić information content (AvgIpc) is 2.33. The van der Waals surface area contributed by atoms with Crippen molar-refractivity contribution in [2.45, 2.75) is 6.54 Å². The molecule has 0 saturated heterocycles. The van der Waals surface area contributed by atoms with Gasteiger partial charge in [-0.3, -0.25) is 0 Å². The number of rotatable bonds is 3. The SMILES string of the molecule is NCc1ccc(Br)cc1Oc1ccc(Br)cc1F. The van der Waals surface area contributed by atoms with E-state index in [1.54, 1.807) is 18.2 Å². The third-order valence-electron chi connectivity index (χ3n) is 2.36. The highest BCUT2D eigenvalue weighted by molar-refractivity contribution is 9.10. The molecule has 0 aliphatic rings. The Hall–Kier alpha value is -0.910. The van der Waals surface area contributed by atoms with E-state index in [-0.39, 0.29) is 5.75 Å². The fourth-order valence-corrected chi connectivity index (χ4v) is 2.14. The molecule has 2 aromatic carbocycles. The Balaban J connectivity index is 2.36. The van der Waals surface area contributed by atoms with Crippen LogP contribution < -0.4 is 10.5 Å². The van der Waals surface area contributed by atoms with Crippen molar-refractivity contribution in [2.75, 3.05) is 0 Å². The van der Waals surface area contributed by atoms with Crippen LogP contribution in [0.4, 0.5) is 4.39 Å². The van der Waals surface area contributed by atoms with Crippen molar-refractivity contribution >= 4 is 31.9 Å². The number of hydrogen-bond donors (Lipinski definition) is 1. The number of halogens is 3. The highest BCUT2D eigenvalue weighted by Gasteiger charge is 2.09. The van der Waals surface area contributed by atoms with Crippen LogP contribution in [-0.2, 0) is 6.54 Å². The summed E-state index contributed by atoms with van der Waals surface area (Å²) in [6, 6.07) is 10.1. The number of hydrogen-bond acceptors (Lipinski definition) is 2. The standard InChI is InChI=1S/C13H10Br2FNO/c14-9-3-4-12(11(16)5-9)18-13-6-10(15)2-1-8(13)7-17/h1-6H,7,17H2. The Bertz CT molecular complexity index is 575. The van der Waals surface area contributed by atoms with Crippen LogP contribution >= 0.6 is 31.9 Å². The molecule has 0 radical (unpaired) electrons. The van der Waals surface area contributed by atoms with E-state index in [0.29, 0.717) is 16.8 Å². The van der Waals surface area contributed by atoms with Crippen molar-refractivity contribution in [2.24, 2.45) is 5.73 Å². The molecular formula is C13H10Br2FNO. The maximum absolute atomic E-state index is 13.7. The zero-order valence-electron chi connectivity index (χ0n) is 9.29. The van der Waals surface area contributed by atoms with Crippen LogP contribution in [0.3, 0.4) is 0 Å². The minimum atomic E-state index is -0.424. The Morgan fingerprint density at radius 2 is 1.67 bits per heavy atom. The van der Waals surface area contributed by atoms with E-state index in [4.69, 9.17) is 10.5 Å². The lowest BCUT2D eigenvalue weighted by atomic mass is 10.2. The summed E-state index contributed by atoms with van der Waals surface area (Å²) in [4.78, 5) is 0. The molecule has 0 fully saturated rings. The van der Waals surface area contributed by atoms with Gasteiger partial charge in [0.1, 0.15) is 5.75 Å². The van der Waals surface area contributed by atoms with Gasteiger partial charge in [0.05, 0.1) is 0 Å². The zero-order valence-corrected chi connectivity index (χ0v) is 12.5. The second kappa shape index (κ2) is 5.82. The summed E-state index contributed by atoms with van der Waals surface area (Å²) < 4.78 is 20.8. The van der Waals surface area contributed by atoms with E-state index in [0.717, 1.165) is 10.0 Å². The Morgan fingerprint density at radius 1 is 1.00 bits per heavy atom. The van der Waals surface area contributed by atoms with Crippen LogP contribution in [0.25, 0.3) is 0 Å². The zero-order chi connectivity index (χ0) is 13.1. The lowest BCUT2D eigenvalue weighted by Gasteiger charge is -2.11. The fourth-order valence-electron chi connectivity index (χ4n) is 1.47. The minimum Gasteiger partial charge on any atom is -0.454 e. The smallest absolute Gasteiger partial charge is 0.166 e. The lowest BCUT2D eigenvalue weighted by Crippen LogP contribution is -2.00. The molecule has 0 aromatic heterocycles. The highest BCUT2D eigenvalue weighted by atomic mass is 79.9. The molecule has 0 heterocycles. The van der Waals surface area contributed by atoms with Gasteiger partial charge in [-0.25, -0.2) is 4.39 Å². The molecule has 0 aliphatic carbocycles. The van der Waals surface area contributed by atoms with E-state index in [1.807, 2.05) is 12.1 Å². The van der Waals surface area contributed by atoms with Crippen molar-refractivity contribution in [3.63, 3.8) is 0 Å². The first-order chi connectivity index (χ1) is 8.60. The molecule has 18 heavy (non-hydrogen) atoms. The molecule has 5 heteroatoms. The Morgan fingerprint density at radius 3 is 2.33 bits per heavy atom. The summed E-state index contributed by atoms with van der Waals surface area (Å²) in [6.45, 7) is 0.334. The molecule has 2 aromatic rings. The predicted molar refractivity (Wildman–Crippen MR) is 76.2 cm³/mol. The van der Waals surface area contributed by atoms with Crippen LogP contribution in [0.5, 0.6) is 11.5 Å². The minimum absolute atomic E-state index is 0.172. The Labute approximate surface area is 121 Å². The molecule has 0 spiro atoms. The van der Waals surface area contributed by atoms with Gasteiger partial charge in [-0.15, -0.1) is 0 Å². The molecule has 0 bridgehead atoms. The predicted octanol–water partition coefficient (Wildman–Crippen LogP) is 4.60. The van der Waals surface area contributed by atoms with Gasteiger partial charge in [0.15, 0.2) is 11.6 Å². The average molecular weight is 375 g/mol. The Kier molecular flexibility index (Phi) is 4.37. The van der Waals surface area contributed by atoms with E-state index in [1.165, 1.54) is 6.07 Å². The molecular weight excluding hydrogens is 365 g/mol. The lowest BCUT2D eigenvalue weighted by molar-refractivity contribution is 0.437. The summed E-state index contributed by atoms with van der Waals surface area (Å²) in [5, 5.41) is 0. The van der Waals surface area contributed by atoms with E-state index in [9.17, 15) is 4.39 Å². The quantitative estimate of drug-likeness (QED) is 0.851. The molecule has 0 unspecified atom stereocenters. The van der Waals surface area contributed by atoms with Crippen LogP contribution in [0.15, 0.2) is 45.3 Å². The maximum atomic E-state index is 13.7. The highest BCUT2D eigenvalue weighted by Crippen LogP contribution is 2.31. The van der Waals surface area contributed by atoms with Crippen LogP contribution in [-0.4, -0.2) is 0 Å². The van der Waals surface area contributed by atoms with Gasteiger partial charge >= 0.3 is 0 Å². The molecule has 0 saturated carbocycles. The van der Waals surface area contributed by atoms with Gasteiger partial charge in [-0.1, -0.05) is 37.9 Å². The molecule has 0 aliphatic heterocycles. The van der Waals surface area contributed by atoms with Crippen LogP contribution in [0, 0.1) is 5.82 Å². The molecule has 0 amide bonds.